The summed E-state index contributed by atoms with van der Waals surface area (Å²) in [6.45, 7) is 6.39. The van der Waals surface area contributed by atoms with Crippen LogP contribution in [0, 0.1) is 0 Å². The van der Waals surface area contributed by atoms with Crippen LogP contribution in [0.1, 0.15) is 252 Å². The topological polar surface area (TPSA) is 78.9 Å². The molecule has 382 valence electrons. The number of carbonyl (C=O) groups is 3. The molecule has 0 spiro atoms. The Bertz CT molecular complexity index is 1350. The number of carbonyl (C=O) groups excluding carboxylic acids is 3. The highest BCUT2D eigenvalue weighted by Crippen LogP contribution is 2.15. The van der Waals surface area contributed by atoms with Crippen molar-refractivity contribution in [3.05, 3.63) is 97.2 Å². The van der Waals surface area contributed by atoms with E-state index < -0.39 is 6.10 Å². The highest BCUT2D eigenvalue weighted by Gasteiger charge is 2.19. The first-order valence-electron chi connectivity index (χ1n) is 27.7. The van der Waals surface area contributed by atoms with E-state index in [-0.39, 0.29) is 31.1 Å². The molecule has 67 heavy (non-hydrogen) atoms. The van der Waals surface area contributed by atoms with Gasteiger partial charge in [0.15, 0.2) is 6.10 Å². The number of hydrogen-bond donors (Lipinski definition) is 0. The lowest BCUT2D eigenvalue weighted by atomic mass is 10.1. The first-order valence-corrected chi connectivity index (χ1v) is 27.7. The summed E-state index contributed by atoms with van der Waals surface area (Å²) in [5, 5.41) is 0. The fourth-order valence-corrected chi connectivity index (χ4v) is 7.48. The Hall–Kier alpha value is -3.67. The van der Waals surface area contributed by atoms with Crippen LogP contribution in [0.25, 0.3) is 0 Å². The lowest BCUT2D eigenvalue weighted by molar-refractivity contribution is -0.167. The summed E-state index contributed by atoms with van der Waals surface area (Å²) < 4.78 is 16.8. The van der Waals surface area contributed by atoms with Gasteiger partial charge in [-0.05, 0) is 96.3 Å². The first-order chi connectivity index (χ1) is 33.0. The average Bonchev–Trinajstić information content (AvgIpc) is 3.33. The van der Waals surface area contributed by atoms with Gasteiger partial charge in [0.2, 0.25) is 0 Å². The van der Waals surface area contributed by atoms with Gasteiger partial charge in [0.25, 0.3) is 0 Å². The summed E-state index contributed by atoms with van der Waals surface area (Å²) in [7, 11) is 0. The Morgan fingerprint density at radius 2 is 0.582 bits per heavy atom. The average molecular weight is 931 g/mol. The van der Waals surface area contributed by atoms with E-state index in [2.05, 4.69) is 118 Å². The van der Waals surface area contributed by atoms with Crippen molar-refractivity contribution in [3.63, 3.8) is 0 Å². The molecule has 0 aromatic carbocycles. The zero-order valence-electron chi connectivity index (χ0n) is 43.6. The third-order valence-corrected chi connectivity index (χ3v) is 11.6. The SMILES string of the molecule is CC/C=C\C/C=C\C/C=C\C/C=C\C/C=C\CCCCCCCC(=O)OCC(COC(=O)CCCCCCCCCCCCC)OC(=O)CCCCCCCCC/C=C\C/C=C\C/C=C\CC. The predicted molar refractivity (Wildman–Crippen MR) is 288 cm³/mol. The Morgan fingerprint density at radius 3 is 0.910 bits per heavy atom. The molecule has 6 heteroatoms. The lowest BCUT2D eigenvalue weighted by Crippen LogP contribution is -2.30. The van der Waals surface area contributed by atoms with Gasteiger partial charge in [0.1, 0.15) is 13.2 Å². The fraction of sp³-hybridized carbons (Fsp3) is 0.689. The maximum atomic E-state index is 12.8. The van der Waals surface area contributed by atoms with E-state index in [1.165, 1.54) is 77.0 Å². The van der Waals surface area contributed by atoms with Crippen LogP contribution in [0.4, 0.5) is 0 Å². The Kier molecular flexibility index (Phi) is 51.9. The van der Waals surface area contributed by atoms with Crippen LogP contribution < -0.4 is 0 Å². The second-order valence-corrected chi connectivity index (χ2v) is 18.1. The molecular formula is C61H102O6. The third kappa shape index (κ3) is 53.2. The van der Waals surface area contributed by atoms with Crippen molar-refractivity contribution >= 4 is 17.9 Å². The number of ether oxygens (including phenoxy) is 3. The molecule has 0 heterocycles. The molecular weight excluding hydrogens is 829 g/mol. The van der Waals surface area contributed by atoms with Gasteiger partial charge in [-0.3, -0.25) is 14.4 Å². The monoisotopic (exact) mass is 931 g/mol. The van der Waals surface area contributed by atoms with E-state index in [4.69, 9.17) is 14.2 Å². The smallest absolute Gasteiger partial charge is 0.306 e. The molecule has 0 aromatic rings. The molecule has 0 radical (unpaired) electrons. The Labute approximate surface area is 413 Å². The van der Waals surface area contributed by atoms with Crippen LogP contribution in [0.2, 0.25) is 0 Å². The quantitative estimate of drug-likeness (QED) is 0.0262. The summed E-state index contributed by atoms with van der Waals surface area (Å²) in [5.74, 6) is -0.915. The molecule has 6 nitrogen and oxygen atoms in total. The molecule has 0 amide bonds. The van der Waals surface area contributed by atoms with E-state index in [9.17, 15) is 14.4 Å². The van der Waals surface area contributed by atoms with E-state index >= 15 is 0 Å². The van der Waals surface area contributed by atoms with Crippen LogP contribution in [-0.4, -0.2) is 37.2 Å². The standard InChI is InChI=1S/C61H102O6/c1-4-7-10-13-16-19-22-24-26-28-29-30-31-33-34-36-39-42-45-48-51-54-60(63)66-57-58(56-65-59(62)53-50-47-44-41-38-21-18-15-12-9-6-3)67-61(64)55-52-49-46-43-40-37-35-32-27-25-23-20-17-14-11-8-5-2/h7-8,10-11,16-17,19-20,24-27,29-30,33-34,58H,4-6,9,12-15,18,21-23,28,31-32,35-57H2,1-3H3/b10-7-,11-8-,19-16-,20-17-,26-24-,27-25-,30-29-,34-33-. The highest BCUT2D eigenvalue weighted by molar-refractivity contribution is 5.71. The molecule has 0 rings (SSSR count). The van der Waals surface area contributed by atoms with Gasteiger partial charge in [-0.25, -0.2) is 0 Å². The van der Waals surface area contributed by atoms with E-state index in [0.29, 0.717) is 19.3 Å². The lowest BCUT2D eigenvalue weighted by Gasteiger charge is -2.18. The largest absolute Gasteiger partial charge is 0.462 e. The second-order valence-electron chi connectivity index (χ2n) is 18.1. The van der Waals surface area contributed by atoms with E-state index in [1.54, 1.807) is 0 Å². The van der Waals surface area contributed by atoms with Crippen LogP contribution in [0.5, 0.6) is 0 Å². The molecule has 0 aliphatic carbocycles. The van der Waals surface area contributed by atoms with Crippen molar-refractivity contribution < 1.29 is 28.6 Å². The minimum Gasteiger partial charge on any atom is -0.462 e. The zero-order chi connectivity index (χ0) is 48.6. The number of esters is 3. The van der Waals surface area contributed by atoms with Crippen molar-refractivity contribution in [1.82, 2.24) is 0 Å². The molecule has 0 saturated carbocycles. The van der Waals surface area contributed by atoms with Crippen molar-refractivity contribution in [2.45, 2.75) is 258 Å². The van der Waals surface area contributed by atoms with Gasteiger partial charge >= 0.3 is 17.9 Å². The van der Waals surface area contributed by atoms with Gasteiger partial charge in [-0.15, -0.1) is 0 Å². The normalized spacial score (nSPS) is 12.8. The predicted octanol–water partition coefficient (Wildman–Crippen LogP) is 18.5. The van der Waals surface area contributed by atoms with Crippen LogP contribution in [-0.2, 0) is 28.6 Å². The first kappa shape index (κ1) is 63.3. The Balaban J connectivity index is 4.40. The van der Waals surface area contributed by atoms with E-state index in [0.717, 1.165) is 135 Å². The molecule has 0 aromatic heterocycles. The van der Waals surface area contributed by atoms with Crippen LogP contribution in [0.15, 0.2) is 97.2 Å². The number of rotatable bonds is 49. The number of hydrogen-bond acceptors (Lipinski definition) is 6. The summed E-state index contributed by atoms with van der Waals surface area (Å²) >= 11 is 0. The third-order valence-electron chi connectivity index (χ3n) is 11.6. The number of allylic oxidation sites excluding steroid dienone is 16. The van der Waals surface area contributed by atoms with Crippen molar-refractivity contribution in [1.29, 1.82) is 0 Å². The van der Waals surface area contributed by atoms with E-state index in [1.807, 2.05) is 0 Å². The minimum absolute atomic E-state index is 0.0870. The van der Waals surface area contributed by atoms with Gasteiger partial charge in [-0.2, -0.15) is 0 Å². The van der Waals surface area contributed by atoms with Gasteiger partial charge < -0.3 is 14.2 Å². The Morgan fingerprint density at radius 1 is 0.313 bits per heavy atom. The maximum absolute atomic E-state index is 12.8. The molecule has 0 aliphatic rings. The molecule has 0 N–H and O–H groups in total. The zero-order valence-corrected chi connectivity index (χ0v) is 43.6. The summed E-state index contributed by atoms with van der Waals surface area (Å²) in [5.41, 5.74) is 0. The second kappa shape index (κ2) is 54.9. The molecule has 1 atom stereocenters. The fourth-order valence-electron chi connectivity index (χ4n) is 7.48. The van der Waals surface area contributed by atoms with Gasteiger partial charge in [0.05, 0.1) is 0 Å². The highest BCUT2D eigenvalue weighted by atomic mass is 16.6. The van der Waals surface area contributed by atoms with Crippen molar-refractivity contribution in [3.8, 4) is 0 Å². The van der Waals surface area contributed by atoms with Crippen LogP contribution in [0.3, 0.4) is 0 Å². The van der Waals surface area contributed by atoms with Crippen LogP contribution >= 0.6 is 0 Å². The minimum atomic E-state index is -0.790. The van der Waals surface area contributed by atoms with Crippen molar-refractivity contribution in [2.75, 3.05) is 13.2 Å². The van der Waals surface area contributed by atoms with Gasteiger partial charge in [0, 0.05) is 19.3 Å². The summed E-state index contributed by atoms with van der Waals surface area (Å²) in [4.78, 5) is 38.1. The van der Waals surface area contributed by atoms with Crippen molar-refractivity contribution in [2.24, 2.45) is 0 Å². The molecule has 0 saturated heterocycles. The maximum Gasteiger partial charge on any atom is 0.306 e. The summed E-state index contributed by atoms with van der Waals surface area (Å²) in [6.07, 6.45) is 72.5. The molecule has 1 unspecified atom stereocenters. The van der Waals surface area contributed by atoms with Gasteiger partial charge in [-0.1, -0.05) is 234 Å². The number of unbranched alkanes of at least 4 members (excludes halogenated alkanes) is 22. The molecule has 0 fully saturated rings. The molecule has 0 bridgehead atoms. The summed E-state index contributed by atoms with van der Waals surface area (Å²) in [6, 6.07) is 0. The molecule has 0 aliphatic heterocycles.